The molecule has 1 unspecified atom stereocenters. The number of carbonyl (C=O) groups excluding carboxylic acids is 1. The molecule has 0 spiro atoms. The number of rotatable bonds is 4. The molecule has 0 aliphatic heterocycles. The summed E-state index contributed by atoms with van der Waals surface area (Å²) >= 11 is 0. The monoisotopic (exact) mass is 327 g/mol. The number of hydrogen-bond acceptors (Lipinski definition) is 2. The first-order valence-corrected chi connectivity index (χ1v) is 7.40. The SMILES string of the molecule is CC(NC(=O)c1cc(-c2ccc(F)cc2)n[nH]1)c1ccc(F)cc1. The van der Waals surface area contributed by atoms with E-state index in [1.165, 1.54) is 24.3 Å². The van der Waals surface area contributed by atoms with Crippen LogP contribution in [0.25, 0.3) is 11.3 Å². The Morgan fingerprint density at radius 1 is 1.04 bits per heavy atom. The van der Waals surface area contributed by atoms with Crippen LogP contribution in [0.15, 0.2) is 54.6 Å². The largest absolute Gasteiger partial charge is 0.344 e. The fraction of sp³-hybridized carbons (Fsp3) is 0.111. The molecule has 0 saturated carbocycles. The Kier molecular flexibility index (Phi) is 4.37. The molecule has 1 aromatic heterocycles. The van der Waals surface area contributed by atoms with E-state index in [0.29, 0.717) is 17.0 Å². The van der Waals surface area contributed by atoms with E-state index in [-0.39, 0.29) is 23.6 Å². The molecule has 6 heteroatoms. The zero-order chi connectivity index (χ0) is 17.1. The molecule has 0 fully saturated rings. The first-order chi connectivity index (χ1) is 11.5. The standard InChI is InChI=1S/C18H15F2N3O/c1-11(12-2-6-14(19)7-3-12)21-18(24)17-10-16(22-23-17)13-4-8-15(20)9-5-13/h2-11H,1H3,(H,21,24)(H,22,23). The molecule has 0 saturated heterocycles. The van der Waals surface area contributed by atoms with Crippen LogP contribution in [0.5, 0.6) is 0 Å². The van der Waals surface area contributed by atoms with Gasteiger partial charge in [-0.05, 0) is 55.0 Å². The fourth-order valence-corrected chi connectivity index (χ4v) is 2.32. The molecular formula is C18H15F2N3O. The van der Waals surface area contributed by atoms with Gasteiger partial charge in [-0.2, -0.15) is 5.10 Å². The van der Waals surface area contributed by atoms with Crippen molar-refractivity contribution in [3.63, 3.8) is 0 Å². The first-order valence-electron chi connectivity index (χ1n) is 7.40. The molecule has 4 nitrogen and oxygen atoms in total. The summed E-state index contributed by atoms with van der Waals surface area (Å²) in [6, 6.07) is 13.1. The van der Waals surface area contributed by atoms with Crippen LogP contribution in [0.2, 0.25) is 0 Å². The zero-order valence-electron chi connectivity index (χ0n) is 12.9. The molecule has 0 bridgehead atoms. The topological polar surface area (TPSA) is 57.8 Å². The van der Waals surface area contributed by atoms with Gasteiger partial charge in [-0.25, -0.2) is 8.78 Å². The predicted molar refractivity (Wildman–Crippen MR) is 86.3 cm³/mol. The van der Waals surface area contributed by atoms with Crippen LogP contribution >= 0.6 is 0 Å². The van der Waals surface area contributed by atoms with Gasteiger partial charge in [0.1, 0.15) is 17.3 Å². The number of benzene rings is 2. The first kappa shape index (κ1) is 15.9. The molecule has 1 heterocycles. The summed E-state index contributed by atoms with van der Waals surface area (Å²) in [6.45, 7) is 1.81. The number of aromatic amines is 1. The lowest BCUT2D eigenvalue weighted by molar-refractivity contribution is 0.0935. The Labute approximate surface area is 137 Å². The van der Waals surface area contributed by atoms with Crippen molar-refractivity contribution < 1.29 is 13.6 Å². The number of aromatic nitrogens is 2. The van der Waals surface area contributed by atoms with Gasteiger partial charge in [0.25, 0.3) is 5.91 Å². The quantitative estimate of drug-likeness (QED) is 0.765. The molecule has 3 rings (SSSR count). The van der Waals surface area contributed by atoms with Crippen molar-refractivity contribution in [3.8, 4) is 11.3 Å². The zero-order valence-corrected chi connectivity index (χ0v) is 12.9. The van der Waals surface area contributed by atoms with Gasteiger partial charge in [0.05, 0.1) is 11.7 Å². The van der Waals surface area contributed by atoms with Gasteiger partial charge >= 0.3 is 0 Å². The lowest BCUT2D eigenvalue weighted by atomic mass is 10.1. The van der Waals surface area contributed by atoms with Crippen molar-refractivity contribution >= 4 is 5.91 Å². The second-order valence-electron chi connectivity index (χ2n) is 5.42. The summed E-state index contributed by atoms with van der Waals surface area (Å²) in [5.41, 5.74) is 2.35. The Morgan fingerprint density at radius 3 is 2.25 bits per heavy atom. The van der Waals surface area contributed by atoms with Crippen LogP contribution in [-0.4, -0.2) is 16.1 Å². The second-order valence-corrected chi connectivity index (χ2v) is 5.42. The van der Waals surface area contributed by atoms with Crippen LogP contribution < -0.4 is 5.32 Å². The third-order valence-corrected chi connectivity index (χ3v) is 3.68. The highest BCUT2D eigenvalue weighted by Crippen LogP contribution is 2.19. The molecule has 2 N–H and O–H groups in total. The Bertz CT molecular complexity index is 841. The average molecular weight is 327 g/mol. The maximum Gasteiger partial charge on any atom is 0.269 e. The van der Waals surface area contributed by atoms with Crippen LogP contribution in [0.3, 0.4) is 0 Å². The van der Waals surface area contributed by atoms with E-state index < -0.39 is 0 Å². The molecule has 0 aliphatic carbocycles. The minimum Gasteiger partial charge on any atom is -0.344 e. The minimum absolute atomic E-state index is 0.282. The highest BCUT2D eigenvalue weighted by molar-refractivity contribution is 5.93. The molecular weight excluding hydrogens is 312 g/mol. The molecule has 0 radical (unpaired) electrons. The number of H-pyrrole nitrogens is 1. The maximum atomic E-state index is 12.9. The minimum atomic E-state index is -0.333. The molecule has 1 atom stereocenters. The van der Waals surface area contributed by atoms with E-state index in [2.05, 4.69) is 15.5 Å². The number of nitrogens with zero attached hydrogens (tertiary/aromatic N) is 1. The van der Waals surface area contributed by atoms with Crippen molar-refractivity contribution in [2.45, 2.75) is 13.0 Å². The number of hydrogen-bond donors (Lipinski definition) is 2. The van der Waals surface area contributed by atoms with Crippen molar-refractivity contribution in [3.05, 3.63) is 77.5 Å². The van der Waals surface area contributed by atoms with E-state index >= 15 is 0 Å². The number of amides is 1. The molecule has 24 heavy (non-hydrogen) atoms. The summed E-state index contributed by atoms with van der Waals surface area (Å²) in [4.78, 5) is 12.3. The van der Waals surface area contributed by atoms with Crippen LogP contribution in [0, 0.1) is 11.6 Å². The Morgan fingerprint density at radius 2 is 1.62 bits per heavy atom. The molecule has 3 aromatic rings. The summed E-state index contributed by atoms with van der Waals surface area (Å²) in [7, 11) is 0. The Hall–Kier alpha value is -3.02. The van der Waals surface area contributed by atoms with Crippen LogP contribution in [0.4, 0.5) is 8.78 Å². The van der Waals surface area contributed by atoms with Gasteiger partial charge in [-0.3, -0.25) is 9.89 Å². The van der Waals surface area contributed by atoms with Crippen molar-refractivity contribution in [2.75, 3.05) is 0 Å². The molecule has 2 aromatic carbocycles. The third-order valence-electron chi connectivity index (χ3n) is 3.68. The van der Waals surface area contributed by atoms with Crippen molar-refractivity contribution in [1.29, 1.82) is 0 Å². The highest BCUT2D eigenvalue weighted by Gasteiger charge is 2.14. The van der Waals surface area contributed by atoms with Crippen LogP contribution in [0.1, 0.15) is 29.0 Å². The Balaban J connectivity index is 1.71. The summed E-state index contributed by atoms with van der Waals surface area (Å²) < 4.78 is 25.9. The van der Waals surface area contributed by atoms with Gasteiger partial charge in [0.15, 0.2) is 0 Å². The second kappa shape index (κ2) is 6.62. The number of nitrogens with one attached hydrogen (secondary N) is 2. The normalized spacial score (nSPS) is 12.0. The average Bonchev–Trinajstić information content (AvgIpc) is 3.06. The highest BCUT2D eigenvalue weighted by atomic mass is 19.1. The summed E-state index contributed by atoms with van der Waals surface area (Å²) in [5.74, 6) is -0.983. The molecule has 0 aliphatic rings. The van der Waals surface area contributed by atoms with E-state index in [4.69, 9.17) is 0 Å². The number of halogens is 2. The lowest BCUT2D eigenvalue weighted by Crippen LogP contribution is -2.26. The fourth-order valence-electron chi connectivity index (χ4n) is 2.32. The van der Waals surface area contributed by atoms with E-state index in [1.54, 1.807) is 30.3 Å². The number of carbonyl (C=O) groups is 1. The smallest absolute Gasteiger partial charge is 0.269 e. The predicted octanol–water partition coefficient (Wildman–Crippen LogP) is 3.85. The van der Waals surface area contributed by atoms with Gasteiger partial charge in [0.2, 0.25) is 0 Å². The van der Waals surface area contributed by atoms with Gasteiger partial charge in [-0.15, -0.1) is 0 Å². The summed E-state index contributed by atoms with van der Waals surface area (Å²) in [5, 5.41) is 9.55. The maximum absolute atomic E-state index is 12.9. The summed E-state index contributed by atoms with van der Waals surface area (Å²) in [6.07, 6.45) is 0. The van der Waals surface area contributed by atoms with E-state index in [9.17, 15) is 13.6 Å². The van der Waals surface area contributed by atoms with Crippen molar-refractivity contribution in [2.24, 2.45) is 0 Å². The molecule has 1 amide bonds. The van der Waals surface area contributed by atoms with Gasteiger partial charge in [0, 0.05) is 5.56 Å². The molecule has 122 valence electrons. The third kappa shape index (κ3) is 3.48. The van der Waals surface area contributed by atoms with Crippen molar-refractivity contribution in [1.82, 2.24) is 15.5 Å². The van der Waals surface area contributed by atoms with Gasteiger partial charge in [-0.1, -0.05) is 12.1 Å². The lowest BCUT2D eigenvalue weighted by Gasteiger charge is -2.13. The van der Waals surface area contributed by atoms with E-state index in [1.807, 2.05) is 6.92 Å². The van der Waals surface area contributed by atoms with Crippen LogP contribution in [-0.2, 0) is 0 Å². The van der Waals surface area contributed by atoms with Gasteiger partial charge < -0.3 is 5.32 Å². The van der Waals surface area contributed by atoms with E-state index in [0.717, 1.165) is 5.56 Å².